The molecule has 6 heteroatoms. The lowest BCUT2D eigenvalue weighted by molar-refractivity contribution is -0.134. The number of pyridine rings is 1. The fourth-order valence-electron chi connectivity index (χ4n) is 2.61. The van der Waals surface area contributed by atoms with Crippen molar-refractivity contribution in [2.75, 3.05) is 13.7 Å². The van der Waals surface area contributed by atoms with E-state index in [1.807, 2.05) is 12.1 Å². The van der Waals surface area contributed by atoms with Crippen LogP contribution >= 0.6 is 0 Å². The van der Waals surface area contributed by atoms with Crippen molar-refractivity contribution in [2.24, 2.45) is 5.92 Å². The molecule has 1 saturated carbocycles. The number of carbonyl (C=O) groups is 2. The van der Waals surface area contributed by atoms with E-state index in [4.69, 9.17) is 4.74 Å². The summed E-state index contributed by atoms with van der Waals surface area (Å²) in [6, 6.07) is 5.13. The zero-order chi connectivity index (χ0) is 14.8. The highest BCUT2D eigenvalue weighted by molar-refractivity contribution is 5.90. The Bertz CT molecular complexity index is 557. The van der Waals surface area contributed by atoms with Gasteiger partial charge in [0.25, 0.3) is 0 Å². The van der Waals surface area contributed by atoms with Gasteiger partial charge in [-0.15, -0.1) is 0 Å². The second kappa shape index (κ2) is 5.71. The van der Waals surface area contributed by atoms with Crippen LogP contribution in [0, 0.1) is 5.92 Å². The second-order valence-electron chi connectivity index (χ2n) is 5.56. The Morgan fingerprint density at radius 1 is 1.38 bits per heavy atom. The number of ether oxygens (including phenoxy) is 1. The van der Waals surface area contributed by atoms with Crippen LogP contribution in [0.2, 0.25) is 0 Å². The molecule has 3 rings (SSSR count). The van der Waals surface area contributed by atoms with Gasteiger partial charge in [-0.1, -0.05) is 6.07 Å². The third kappa shape index (κ3) is 3.15. The first-order valence-electron chi connectivity index (χ1n) is 7.25. The molecule has 2 fully saturated rings. The number of carbonyl (C=O) groups excluding carboxylic acids is 2. The van der Waals surface area contributed by atoms with E-state index in [1.54, 1.807) is 18.1 Å². The Labute approximate surface area is 123 Å². The van der Waals surface area contributed by atoms with Gasteiger partial charge in [0, 0.05) is 19.0 Å². The van der Waals surface area contributed by atoms with Gasteiger partial charge in [0.1, 0.15) is 6.04 Å². The molecule has 1 aromatic heterocycles. The smallest absolute Gasteiger partial charge is 0.245 e. The summed E-state index contributed by atoms with van der Waals surface area (Å²) in [6.45, 7) is 0.848. The molecule has 0 bridgehead atoms. The van der Waals surface area contributed by atoms with E-state index in [2.05, 4.69) is 10.3 Å². The summed E-state index contributed by atoms with van der Waals surface area (Å²) in [5.74, 6) is 0.803. The lowest BCUT2D eigenvalue weighted by Crippen LogP contribution is -2.45. The first-order valence-corrected chi connectivity index (χ1v) is 7.25. The summed E-state index contributed by atoms with van der Waals surface area (Å²) >= 11 is 0. The fourth-order valence-corrected chi connectivity index (χ4v) is 2.61. The number of hydrogen-bond acceptors (Lipinski definition) is 4. The Kier molecular flexibility index (Phi) is 3.77. The van der Waals surface area contributed by atoms with E-state index >= 15 is 0 Å². The van der Waals surface area contributed by atoms with Crippen molar-refractivity contribution in [3.05, 3.63) is 23.9 Å². The standard InChI is InChI=1S/C15H19N3O3/c1-21-13-4-2-3-11(16-13)9-18-8-7-12(19)17-14(15(18)20)10-5-6-10/h2-4,10,14H,5-9H2,1H3,(H,17,19). The summed E-state index contributed by atoms with van der Waals surface area (Å²) in [5.41, 5.74) is 0.770. The summed E-state index contributed by atoms with van der Waals surface area (Å²) in [7, 11) is 1.56. The number of aromatic nitrogens is 1. The van der Waals surface area contributed by atoms with E-state index in [0.29, 0.717) is 31.3 Å². The van der Waals surface area contributed by atoms with Crippen LogP contribution in [0.5, 0.6) is 5.88 Å². The van der Waals surface area contributed by atoms with Crippen molar-refractivity contribution >= 4 is 11.8 Å². The largest absolute Gasteiger partial charge is 0.481 e. The van der Waals surface area contributed by atoms with Gasteiger partial charge in [-0.05, 0) is 24.8 Å². The molecule has 2 aliphatic rings. The van der Waals surface area contributed by atoms with Crippen LogP contribution in [0.15, 0.2) is 18.2 Å². The summed E-state index contributed by atoms with van der Waals surface area (Å²) < 4.78 is 5.10. The molecule has 0 radical (unpaired) electrons. The molecule has 1 unspecified atom stereocenters. The number of rotatable bonds is 4. The molecule has 0 aromatic carbocycles. The number of amides is 2. The molecule has 2 heterocycles. The molecule has 112 valence electrons. The first kappa shape index (κ1) is 13.9. The quantitative estimate of drug-likeness (QED) is 0.886. The van der Waals surface area contributed by atoms with E-state index in [1.165, 1.54) is 0 Å². The van der Waals surface area contributed by atoms with Crippen LogP contribution in [-0.4, -0.2) is 41.4 Å². The van der Waals surface area contributed by atoms with Gasteiger partial charge < -0.3 is 15.0 Å². The number of nitrogens with zero attached hydrogens (tertiary/aromatic N) is 2. The van der Waals surface area contributed by atoms with E-state index in [0.717, 1.165) is 18.5 Å². The summed E-state index contributed by atoms with van der Waals surface area (Å²) in [5, 5.41) is 2.85. The highest BCUT2D eigenvalue weighted by Gasteiger charge is 2.40. The van der Waals surface area contributed by atoms with Crippen LogP contribution < -0.4 is 10.1 Å². The van der Waals surface area contributed by atoms with Crippen molar-refractivity contribution in [1.29, 1.82) is 0 Å². The predicted octanol–water partition coefficient (Wildman–Crippen LogP) is 0.717. The summed E-state index contributed by atoms with van der Waals surface area (Å²) in [4.78, 5) is 30.4. The fraction of sp³-hybridized carbons (Fsp3) is 0.533. The monoisotopic (exact) mass is 289 g/mol. The lowest BCUT2D eigenvalue weighted by atomic mass is 10.1. The maximum absolute atomic E-state index is 12.6. The Morgan fingerprint density at radius 2 is 2.19 bits per heavy atom. The maximum atomic E-state index is 12.6. The Balaban J connectivity index is 1.75. The van der Waals surface area contributed by atoms with Crippen LogP contribution in [0.1, 0.15) is 25.0 Å². The zero-order valence-corrected chi connectivity index (χ0v) is 12.0. The molecular weight excluding hydrogens is 270 g/mol. The van der Waals surface area contributed by atoms with Crippen molar-refractivity contribution in [3.8, 4) is 5.88 Å². The van der Waals surface area contributed by atoms with Gasteiger partial charge >= 0.3 is 0 Å². The topological polar surface area (TPSA) is 71.5 Å². The first-order chi connectivity index (χ1) is 10.2. The molecule has 1 aliphatic carbocycles. The molecule has 1 aliphatic heterocycles. The minimum absolute atomic E-state index is 0.00738. The predicted molar refractivity (Wildman–Crippen MR) is 75.5 cm³/mol. The summed E-state index contributed by atoms with van der Waals surface area (Å²) in [6.07, 6.45) is 2.38. The van der Waals surface area contributed by atoms with Crippen LogP contribution in [-0.2, 0) is 16.1 Å². The minimum Gasteiger partial charge on any atom is -0.481 e. The molecule has 1 saturated heterocycles. The lowest BCUT2D eigenvalue weighted by Gasteiger charge is -2.23. The van der Waals surface area contributed by atoms with E-state index < -0.39 is 0 Å². The molecule has 1 N–H and O–H groups in total. The van der Waals surface area contributed by atoms with E-state index in [9.17, 15) is 9.59 Å². The van der Waals surface area contributed by atoms with Gasteiger partial charge in [-0.2, -0.15) is 0 Å². The third-order valence-corrected chi connectivity index (χ3v) is 3.94. The van der Waals surface area contributed by atoms with Crippen LogP contribution in [0.3, 0.4) is 0 Å². The SMILES string of the molecule is COc1cccc(CN2CCC(=O)NC(C3CC3)C2=O)n1. The van der Waals surface area contributed by atoms with Crippen LogP contribution in [0.25, 0.3) is 0 Å². The number of nitrogens with one attached hydrogen (secondary N) is 1. The molecule has 21 heavy (non-hydrogen) atoms. The van der Waals surface area contributed by atoms with Gasteiger partial charge in [0.15, 0.2) is 0 Å². The Morgan fingerprint density at radius 3 is 2.90 bits per heavy atom. The molecule has 1 aromatic rings. The van der Waals surface area contributed by atoms with Crippen molar-refractivity contribution in [2.45, 2.75) is 31.8 Å². The van der Waals surface area contributed by atoms with Gasteiger partial charge in [-0.25, -0.2) is 4.98 Å². The zero-order valence-electron chi connectivity index (χ0n) is 12.0. The van der Waals surface area contributed by atoms with Crippen LogP contribution in [0.4, 0.5) is 0 Å². The highest BCUT2D eigenvalue weighted by Crippen LogP contribution is 2.34. The third-order valence-electron chi connectivity index (χ3n) is 3.94. The van der Waals surface area contributed by atoms with Crippen molar-refractivity contribution in [1.82, 2.24) is 15.2 Å². The number of hydrogen-bond donors (Lipinski definition) is 1. The number of methoxy groups -OCH3 is 1. The van der Waals surface area contributed by atoms with Gasteiger partial charge in [0.2, 0.25) is 17.7 Å². The van der Waals surface area contributed by atoms with Crippen molar-refractivity contribution < 1.29 is 14.3 Å². The minimum atomic E-state index is -0.356. The molecular formula is C15H19N3O3. The average molecular weight is 289 g/mol. The highest BCUT2D eigenvalue weighted by atomic mass is 16.5. The van der Waals surface area contributed by atoms with Gasteiger partial charge in [0.05, 0.1) is 19.3 Å². The maximum Gasteiger partial charge on any atom is 0.245 e. The van der Waals surface area contributed by atoms with Gasteiger partial charge in [-0.3, -0.25) is 9.59 Å². The molecule has 0 spiro atoms. The average Bonchev–Trinajstić information content (AvgIpc) is 3.33. The van der Waals surface area contributed by atoms with E-state index in [-0.39, 0.29) is 17.9 Å². The Hall–Kier alpha value is -2.11. The normalized spacial score (nSPS) is 22.7. The second-order valence-corrected chi connectivity index (χ2v) is 5.56. The van der Waals surface area contributed by atoms with Crippen molar-refractivity contribution in [3.63, 3.8) is 0 Å². The molecule has 2 amide bonds. The molecule has 6 nitrogen and oxygen atoms in total. The molecule has 1 atom stereocenters.